The van der Waals surface area contributed by atoms with Crippen molar-refractivity contribution in [2.75, 3.05) is 0 Å². The Morgan fingerprint density at radius 2 is 1.63 bits per heavy atom. The molecule has 2 atom stereocenters. The fraction of sp³-hybridized carbons (Fsp3) is 0.250. The van der Waals surface area contributed by atoms with Gasteiger partial charge >= 0.3 is 12.0 Å². The van der Waals surface area contributed by atoms with Crippen LogP contribution in [-0.4, -0.2) is 29.1 Å². The number of benzene rings is 2. The molecule has 142 valence electrons. The van der Waals surface area contributed by atoms with Crippen LogP contribution in [0.4, 0.5) is 4.79 Å². The zero-order chi connectivity index (χ0) is 19.8. The summed E-state index contributed by atoms with van der Waals surface area (Å²) in [5.41, 5.74) is 7.68. The van der Waals surface area contributed by atoms with E-state index < -0.39 is 30.0 Å². The third-order valence-electron chi connectivity index (χ3n) is 4.19. The van der Waals surface area contributed by atoms with Gasteiger partial charge in [0.1, 0.15) is 6.04 Å². The number of hydrogen-bond donors (Lipinski definition) is 4. The van der Waals surface area contributed by atoms with E-state index in [1.165, 1.54) is 0 Å². The van der Waals surface area contributed by atoms with E-state index in [2.05, 4.69) is 10.6 Å². The van der Waals surface area contributed by atoms with Crippen LogP contribution in [0.15, 0.2) is 54.6 Å². The van der Waals surface area contributed by atoms with E-state index in [-0.39, 0.29) is 12.8 Å². The second-order valence-corrected chi connectivity index (χ2v) is 6.27. The van der Waals surface area contributed by atoms with E-state index in [1.807, 2.05) is 25.1 Å². The third kappa shape index (κ3) is 6.14. The van der Waals surface area contributed by atoms with Gasteiger partial charge in [0.05, 0.1) is 12.5 Å². The third-order valence-corrected chi connectivity index (χ3v) is 4.19. The highest BCUT2D eigenvalue weighted by molar-refractivity contribution is 5.84. The van der Waals surface area contributed by atoms with Crippen LogP contribution in [0.3, 0.4) is 0 Å². The molecule has 27 heavy (non-hydrogen) atoms. The molecule has 0 fully saturated rings. The molecule has 7 heteroatoms. The first-order chi connectivity index (χ1) is 12.9. The van der Waals surface area contributed by atoms with Crippen LogP contribution in [0, 0.1) is 6.92 Å². The maximum absolute atomic E-state index is 12.5. The minimum Gasteiger partial charge on any atom is -0.480 e. The minimum absolute atomic E-state index is 0.119. The second-order valence-electron chi connectivity index (χ2n) is 6.27. The van der Waals surface area contributed by atoms with Crippen LogP contribution in [0.2, 0.25) is 0 Å². The van der Waals surface area contributed by atoms with Gasteiger partial charge in [-0.2, -0.15) is 0 Å². The number of nitrogens with one attached hydrogen (secondary N) is 2. The number of aryl methyl sites for hydroxylation is 1. The van der Waals surface area contributed by atoms with Crippen molar-refractivity contribution < 1.29 is 19.5 Å². The standard InChI is InChI=1S/C20H23N3O4/c1-13-7-5-6-10-15(13)16(23-20(21)27)12-18(24)22-17(19(25)26)11-14-8-3-2-4-9-14/h2-10,16-17H,11-12H2,1H3,(H,22,24)(H,25,26)(H3,21,23,27)/t16?,17-/m1/s1. The van der Waals surface area contributed by atoms with Gasteiger partial charge in [0, 0.05) is 6.42 Å². The summed E-state index contributed by atoms with van der Waals surface area (Å²) in [7, 11) is 0. The number of rotatable bonds is 8. The second kappa shape index (κ2) is 9.38. The Balaban J connectivity index is 2.10. The number of aliphatic carboxylic acids is 1. The zero-order valence-corrected chi connectivity index (χ0v) is 15.0. The molecule has 0 aliphatic rings. The number of urea groups is 1. The summed E-state index contributed by atoms with van der Waals surface area (Å²) in [6.45, 7) is 1.86. The Hall–Kier alpha value is -3.35. The summed E-state index contributed by atoms with van der Waals surface area (Å²) in [5.74, 6) is -1.61. The molecule has 2 aromatic carbocycles. The fourth-order valence-corrected chi connectivity index (χ4v) is 2.88. The smallest absolute Gasteiger partial charge is 0.326 e. The number of carboxylic acid groups (broad SMARTS) is 1. The average molecular weight is 369 g/mol. The molecule has 0 aromatic heterocycles. The van der Waals surface area contributed by atoms with Crippen LogP contribution in [0.25, 0.3) is 0 Å². The number of hydrogen-bond acceptors (Lipinski definition) is 3. The van der Waals surface area contributed by atoms with Crippen molar-refractivity contribution in [1.82, 2.24) is 10.6 Å². The molecule has 5 N–H and O–H groups in total. The highest BCUT2D eigenvalue weighted by Crippen LogP contribution is 2.20. The lowest BCUT2D eigenvalue weighted by atomic mass is 9.98. The van der Waals surface area contributed by atoms with E-state index >= 15 is 0 Å². The van der Waals surface area contributed by atoms with Crippen molar-refractivity contribution in [3.05, 3.63) is 71.3 Å². The van der Waals surface area contributed by atoms with Crippen LogP contribution >= 0.6 is 0 Å². The SMILES string of the molecule is Cc1ccccc1C(CC(=O)N[C@H](Cc1ccccc1)C(=O)O)NC(N)=O. The van der Waals surface area contributed by atoms with Crippen molar-refractivity contribution in [3.63, 3.8) is 0 Å². The highest BCUT2D eigenvalue weighted by Gasteiger charge is 2.24. The lowest BCUT2D eigenvalue weighted by Gasteiger charge is -2.21. The maximum Gasteiger partial charge on any atom is 0.326 e. The molecule has 3 amide bonds. The number of carboxylic acids is 1. The zero-order valence-electron chi connectivity index (χ0n) is 15.0. The highest BCUT2D eigenvalue weighted by atomic mass is 16.4. The van der Waals surface area contributed by atoms with Crippen LogP contribution in [0.5, 0.6) is 0 Å². The molecule has 0 saturated carbocycles. The predicted molar refractivity (Wildman–Crippen MR) is 101 cm³/mol. The largest absolute Gasteiger partial charge is 0.480 e. The number of nitrogens with two attached hydrogens (primary N) is 1. The topological polar surface area (TPSA) is 122 Å². The van der Waals surface area contributed by atoms with Gasteiger partial charge in [0.15, 0.2) is 0 Å². The van der Waals surface area contributed by atoms with Gasteiger partial charge in [-0.05, 0) is 23.6 Å². The Morgan fingerprint density at radius 1 is 1.00 bits per heavy atom. The Morgan fingerprint density at radius 3 is 2.22 bits per heavy atom. The molecule has 0 radical (unpaired) electrons. The molecule has 1 unspecified atom stereocenters. The van der Waals surface area contributed by atoms with Gasteiger partial charge in [-0.3, -0.25) is 4.79 Å². The lowest BCUT2D eigenvalue weighted by Crippen LogP contribution is -2.44. The lowest BCUT2D eigenvalue weighted by molar-refractivity contribution is -0.141. The molecule has 7 nitrogen and oxygen atoms in total. The quantitative estimate of drug-likeness (QED) is 0.568. The minimum atomic E-state index is -1.12. The number of carbonyl (C=O) groups is 3. The maximum atomic E-state index is 12.5. The van der Waals surface area contributed by atoms with Crippen LogP contribution in [0.1, 0.15) is 29.2 Å². The first-order valence-electron chi connectivity index (χ1n) is 8.54. The van der Waals surface area contributed by atoms with Crippen LogP contribution < -0.4 is 16.4 Å². The molecule has 0 aliphatic heterocycles. The Labute approximate surface area is 157 Å². The molecule has 0 heterocycles. The van der Waals surface area contributed by atoms with E-state index in [1.54, 1.807) is 36.4 Å². The number of amides is 3. The summed E-state index contributed by atoms with van der Waals surface area (Å²) in [4.78, 5) is 35.3. The summed E-state index contributed by atoms with van der Waals surface area (Å²) in [6.07, 6.45) is 0.0482. The monoisotopic (exact) mass is 369 g/mol. The molecule has 2 rings (SSSR count). The normalized spacial score (nSPS) is 12.6. The Bertz CT molecular complexity index is 808. The van der Waals surface area contributed by atoms with Gasteiger partial charge in [-0.15, -0.1) is 0 Å². The van der Waals surface area contributed by atoms with Crippen LogP contribution in [-0.2, 0) is 16.0 Å². The van der Waals surface area contributed by atoms with Crippen molar-refractivity contribution in [2.45, 2.75) is 31.8 Å². The summed E-state index contributed by atoms with van der Waals surface area (Å²) >= 11 is 0. The first-order valence-corrected chi connectivity index (χ1v) is 8.54. The number of primary amides is 1. The molecule has 0 saturated heterocycles. The van der Waals surface area contributed by atoms with E-state index in [4.69, 9.17) is 5.73 Å². The first kappa shape index (κ1) is 20.0. The number of carbonyl (C=O) groups excluding carboxylic acids is 2. The molecular weight excluding hydrogens is 346 g/mol. The van der Waals surface area contributed by atoms with Gasteiger partial charge in [0.25, 0.3) is 0 Å². The van der Waals surface area contributed by atoms with Gasteiger partial charge in [-0.1, -0.05) is 54.6 Å². The van der Waals surface area contributed by atoms with E-state index in [0.717, 1.165) is 16.7 Å². The molecule has 0 spiro atoms. The van der Waals surface area contributed by atoms with Crippen molar-refractivity contribution in [2.24, 2.45) is 5.73 Å². The summed E-state index contributed by atoms with van der Waals surface area (Å²) in [5, 5.41) is 14.5. The van der Waals surface area contributed by atoms with Gasteiger partial charge in [0.2, 0.25) is 5.91 Å². The van der Waals surface area contributed by atoms with Gasteiger partial charge in [-0.25, -0.2) is 9.59 Å². The summed E-state index contributed by atoms with van der Waals surface area (Å²) < 4.78 is 0. The van der Waals surface area contributed by atoms with E-state index in [0.29, 0.717) is 0 Å². The van der Waals surface area contributed by atoms with Crippen molar-refractivity contribution in [1.29, 1.82) is 0 Å². The molecule has 0 aliphatic carbocycles. The average Bonchev–Trinajstić information content (AvgIpc) is 2.61. The fourth-order valence-electron chi connectivity index (χ4n) is 2.88. The Kier molecular flexibility index (Phi) is 6.93. The molecular formula is C20H23N3O4. The summed E-state index contributed by atoms with van der Waals surface area (Å²) in [6, 6.07) is 13.9. The van der Waals surface area contributed by atoms with Crippen molar-refractivity contribution in [3.8, 4) is 0 Å². The predicted octanol–water partition coefficient (Wildman–Crippen LogP) is 1.91. The molecule has 2 aromatic rings. The molecule has 0 bridgehead atoms. The van der Waals surface area contributed by atoms with Crippen molar-refractivity contribution >= 4 is 17.9 Å². The van der Waals surface area contributed by atoms with E-state index in [9.17, 15) is 19.5 Å². The van der Waals surface area contributed by atoms with Gasteiger partial charge < -0.3 is 21.5 Å².